The van der Waals surface area contributed by atoms with Gasteiger partial charge in [0.25, 0.3) is 0 Å². The van der Waals surface area contributed by atoms with Crippen molar-refractivity contribution >= 4 is 17.6 Å². The fourth-order valence-corrected chi connectivity index (χ4v) is 4.34. The molecule has 1 atom stereocenters. The maximum atomic E-state index is 12.8. The maximum absolute atomic E-state index is 12.8. The van der Waals surface area contributed by atoms with Crippen LogP contribution in [0.1, 0.15) is 36.8 Å². The number of nitrogens with zero attached hydrogens (tertiary/aromatic N) is 1. The van der Waals surface area contributed by atoms with Crippen LogP contribution in [0.3, 0.4) is 0 Å². The van der Waals surface area contributed by atoms with E-state index in [4.69, 9.17) is 0 Å². The Bertz CT molecular complexity index is 935. The van der Waals surface area contributed by atoms with Crippen LogP contribution < -0.4 is 10.6 Å². The van der Waals surface area contributed by atoms with Crippen molar-refractivity contribution in [2.75, 3.05) is 18.4 Å². The number of anilines is 1. The Labute approximate surface area is 165 Å². The second kappa shape index (κ2) is 6.97. The van der Waals surface area contributed by atoms with Gasteiger partial charge in [0.15, 0.2) is 0 Å². The lowest BCUT2D eigenvalue weighted by Gasteiger charge is -2.32. The molecule has 2 aromatic rings. The molecule has 0 bridgehead atoms. The number of likely N-dealkylation sites (tertiary alicyclic amines) is 1. The zero-order valence-electron chi connectivity index (χ0n) is 15.9. The summed E-state index contributed by atoms with van der Waals surface area (Å²) in [6.07, 6.45) is 4.76. The van der Waals surface area contributed by atoms with Crippen LogP contribution in [0.15, 0.2) is 42.5 Å². The normalized spacial score (nSPS) is 20.3. The van der Waals surface area contributed by atoms with Crippen molar-refractivity contribution in [3.8, 4) is 11.1 Å². The second-order valence-corrected chi connectivity index (χ2v) is 8.20. The van der Waals surface area contributed by atoms with E-state index >= 15 is 0 Å². The van der Waals surface area contributed by atoms with E-state index in [1.165, 1.54) is 22.3 Å². The molecule has 2 N–H and O–H groups in total. The zero-order chi connectivity index (χ0) is 19.1. The Morgan fingerprint density at radius 2 is 1.79 bits per heavy atom. The first-order valence-electron chi connectivity index (χ1n) is 10.2. The summed E-state index contributed by atoms with van der Waals surface area (Å²) >= 11 is 0. The second-order valence-electron chi connectivity index (χ2n) is 8.20. The fourth-order valence-electron chi connectivity index (χ4n) is 4.34. The number of amides is 3. The standard InChI is InChI=1S/C23H25N3O2/c27-22(16-5-3-11-26(14-16)23(28)25-18-7-8-18)24-19-9-10-21-17(13-19)12-15-4-1-2-6-20(15)21/h1-2,4,6,9-10,13,16,18H,3,5,7-8,11-12,14H2,(H,24,27)(H,25,28). The molecule has 1 heterocycles. The highest BCUT2D eigenvalue weighted by Crippen LogP contribution is 2.37. The van der Waals surface area contributed by atoms with Gasteiger partial charge in [-0.2, -0.15) is 0 Å². The lowest BCUT2D eigenvalue weighted by molar-refractivity contribution is -0.121. The van der Waals surface area contributed by atoms with Crippen LogP contribution in [0, 0.1) is 5.92 Å². The van der Waals surface area contributed by atoms with E-state index in [2.05, 4.69) is 47.0 Å². The molecule has 144 valence electrons. The average molecular weight is 375 g/mol. The Morgan fingerprint density at radius 1 is 0.964 bits per heavy atom. The zero-order valence-corrected chi connectivity index (χ0v) is 15.9. The van der Waals surface area contributed by atoms with Crippen molar-refractivity contribution in [2.45, 2.75) is 38.1 Å². The van der Waals surface area contributed by atoms with Crippen LogP contribution in [-0.4, -0.2) is 36.0 Å². The van der Waals surface area contributed by atoms with Crippen molar-refractivity contribution in [3.05, 3.63) is 53.6 Å². The molecular weight excluding hydrogens is 350 g/mol. The van der Waals surface area contributed by atoms with Crippen molar-refractivity contribution in [1.29, 1.82) is 0 Å². The van der Waals surface area contributed by atoms with E-state index < -0.39 is 0 Å². The first-order chi connectivity index (χ1) is 13.7. The molecule has 3 amide bonds. The molecule has 1 aliphatic heterocycles. The predicted molar refractivity (Wildman–Crippen MR) is 109 cm³/mol. The summed E-state index contributed by atoms with van der Waals surface area (Å²) in [5.74, 6) is -0.136. The third kappa shape index (κ3) is 3.37. The minimum Gasteiger partial charge on any atom is -0.335 e. The first-order valence-corrected chi connectivity index (χ1v) is 10.2. The molecule has 3 aliphatic rings. The van der Waals surface area contributed by atoms with Crippen molar-refractivity contribution in [3.63, 3.8) is 0 Å². The number of hydrogen-bond acceptors (Lipinski definition) is 2. The quantitative estimate of drug-likeness (QED) is 0.732. The largest absolute Gasteiger partial charge is 0.335 e. The summed E-state index contributed by atoms with van der Waals surface area (Å²) in [7, 11) is 0. The number of fused-ring (bicyclic) bond motifs is 3. The number of hydrogen-bond donors (Lipinski definition) is 2. The average Bonchev–Trinajstić information content (AvgIpc) is 3.45. The van der Waals surface area contributed by atoms with Crippen molar-refractivity contribution in [1.82, 2.24) is 10.2 Å². The lowest BCUT2D eigenvalue weighted by Crippen LogP contribution is -2.48. The van der Waals surface area contributed by atoms with Crippen molar-refractivity contribution in [2.24, 2.45) is 5.92 Å². The van der Waals surface area contributed by atoms with Crippen LogP contribution in [0.4, 0.5) is 10.5 Å². The van der Waals surface area contributed by atoms with Gasteiger partial charge in [-0.1, -0.05) is 30.3 Å². The van der Waals surface area contributed by atoms with E-state index in [-0.39, 0.29) is 17.9 Å². The SMILES string of the molecule is O=C(Nc1ccc2c(c1)Cc1ccccc1-2)C1CCCN(C(=O)NC2CC2)C1. The van der Waals surface area contributed by atoms with Gasteiger partial charge in [0.2, 0.25) is 5.91 Å². The summed E-state index contributed by atoms with van der Waals surface area (Å²) in [6.45, 7) is 1.24. The van der Waals surface area contributed by atoms with E-state index in [1.807, 2.05) is 6.07 Å². The van der Waals surface area contributed by atoms with Crippen molar-refractivity contribution < 1.29 is 9.59 Å². The number of urea groups is 1. The molecule has 1 saturated carbocycles. The summed E-state index contributed by atoms with van der Waals surface area (Å²) in [6, 6.07) is 15.0. The number of carbonyl (C=O) groups excluding carboxylic acids is 2. The molecule has 28 heavy (non-hydrogen) atoms. The van der Waals surface area contributed by atoms with Gasteiger partial charge in [0, 0.05) is 24.8 Å². The van der Waals surface area contributed by atoms with Gasteiger partial charge in [-0.3, -0.25) is 4.79 Å². The van der Waals surface area contributed by atoms with E-state index in [0.717, 1.165) is 44.3 Å². The Balaban J connectivity index is 1.24. The molecule has 2 aliphatic carbocycles. The molecule has 0 aromatic heterocycles. The highest BCUT2D eigenvalue weighted by Gasteiger charge is 2.31. The first kappa shape index (κ1) is 17.3. The molecule has 0 radical (unpaired) electrons. The summed E-state index contributed by atoms with van der Waals surface area (Å²) in [4.78, 5) is 26.9. The monoisotopic (exact) mass is 375 g/mol. The van der Waals surface area contributed by atoms with Crippen LogP contribution in [0.5, 0.6) is 0 Å². The van der Waals surface area contributed by atoms with Gasteiger partial charge in [-0.15, -0.1) is 0 Å². The molecule has 2 fully saturated rings. The number of nitrogens with one attached hydrogen (secondary N) is 2. The number of rotatable bonds is 3. The Kier molecular flexibility index (Phi) is 4.30. The van der Waals surface area contributed by atoms with Gasteiger partial charge >= 0.3 is 6.03 Å². The van der Waals surface area contributed by atoms with E-state index in [0.29, 0.717) is 12.6 Å². The lowest BCUT2D eigenvalue weighted by atomic mass is 9.97. The predicted octanol–water partition coefficient (Wildman–Crippen LogP) is 3.78. The summed E-state index contributed by atoms with van der Waals surface area (Å²) < 4.78 is 0. The van der Waals surface area contributed by atoms with Crippen LogP contribution in [0.25, 0.3) is 11.1 Å². The smallest absolute Gasteiger partial charge is 0.317 e. The molecule has 0 spiro atoms. The van der Waals surface area contributed by atoms with Crippen LogP contribution >= 0.6 is 0 Å². The third-order valence-corrected chi connectivity index (χ3v) is 6.05. The minimum atomic E-state index is -0.149. The fraction of sp³-hybridized carbons (Fsp3) is 0.391. The molecule has 5 rings (SSSR count). The van der Waals surface area contributed by atoms with Gasteiger partial charge in [0.1, 0.15) is 0 Å². The van der Waals surface area contributed by atoms with Gasteiger partial charge < -0.3 is 15.5 Å². The van der Waals surface area contributed by atoms with E-state index in [9.17, 15) is 9.59 Å². The van der Waals surface area contributed by atoms with Gasteiger partial charge in [0.05, 0.1) is 5.92 Å². The Morgan fingerprint density at radius 3 is 2.64 bits per heavy atom. The summed E-state index contributed by atoms with van der Waals surface area (Å²) in [5.41, 5.74) is 5.99. The molecule has 1 saturated heterocycles. The highest BCUT2D eigenvalue weighted by atomic mass is 16.2. The minimum absolute atomic E-state index is 0.0133. The topological polar surface area (TPSA) is 61.4 Å². The van der Waals surface area contributed by atoms with Gasteiger partial charge in [-0.25, -0.2) is 4.79 Å². The molecule has 1 unspecified atom stereocenters. The number of carbonyl (C=O) groups is 2. The molecular formula is C23H25N3O2. The van der Waals surface area contributed by atoms with Gasteiger partial charge in [-0.05, 0) is 66.5 Å². The maximum Gasteiger partial charge on any atom is 0.317 e. The summed E-state index contributed by atoms with van der Waals surface area (Å²) in [5, 5.41) is 6.11. The molecule has 5 heteroatoms. The van der Waals surface area contributed by atoms with E-state index in [1.54, 1.807) is 4.90 Å². The Hall–Kier alpha value is -2.82. The number of benzene rings is 2. The third-order valence-electron chi connectivity index (χ3n) is 6.05. The van der Waals surface area contributed by atoms with Crippen LogP contribution in [0.2, 0.25) is 0 Å². The molecule has 5 nitrogen and oxygen atoms in total. The molecule has 2 aromatic carbocycles. The van der Waals surface area contributed by atoms with Crippen LogP contribution in [-0.2, 0) is 11.2 Å². The highest BCUT2D eigenvalue weighted by molar-refractivity contribution is 5.94. The number of piperidine rings is 1.